The van der Waals surface area contributed by atoms with Crippen molar-refractivity contribution in [1.82, 2.24) is 15.5 Å². The van der Waals surface area contributed by atoms with Crippen LogP contribution in [0.1, 0.15) is 30.3 Å². The first-order valence-corrected chi connectivity index (χ1v) is 6.47. The Labute approximate surface area is 106 Å². The van der Waals surface area contributed by atoms with Gasteiger partial charge in [-0.15, -0.1) is 0 Å². The molecular formula is C14H17N3O. The SMILES string of the molecule is c1ccc(C(NCCc2ncon2)C2CC2)cc1. The van der Waals surface area contributed by atoms with Gasteiger partial charge in [0.2, 0.25) is 6.39 Å². The van der Waals surface area contributed by atoms with Crippen molar-refractivity contribution in [3.8, 4) is 0 Å². The van der Waals surface area contributed by atoms with Gasteiger partial charge in [-0.25, -0.2) is 0 Å². The molecule has 0 bridgehead atoms. The van der Waals surface area contributed by atoms with Crippen molar-refractivity contribution in [3.05, 3.63) is 48.1 Å². The van der Waals surface area contributed by atoms with Crippen LogP contribution in [0.2, 0.25) is 0 Å². The summed E-state index contributed by atoms with van der Waals surface area (Å²) in [5, 5.41) is 7.43. The highest BCUT2D eigenvalue weighted by atomic mass is 16.5. The normalized spacial score (nSPS) is 16.7. The third-order valence-electron chi connectivity index (χ3n) is 3.37. The summed E-state index contributed by atoms with van der Waals surface area (Å²) >= 11 is 0. The molecular weight excluding hydrogens is 226 g/mol. The van der Waals surface area contributed by atoms with Gasteiger partial charge in [-0.1, -0.05) is 35.5 Å². The van der Waals surface area contributed by atoms with Crippen LogP contribution in [0.25, 0.3) is 0 Å². The van der Waals surface area contributed by atoms with Crippen LogP contribution in [0.15, 0.2) is 41.2 Å². The Hall–Kier alpha value is -1.68. The van der Waals surface area contributed by atoms with E-state index in [-0.39, 0.29) is 0 Å². The fraction of sp³-hybridized carbons (Fsp3) is 0.429. The monoisotopic (exact) mass is 243 g/mol. The number of nitrogens with one attached hydrogen (secondary N) is 1. The van der Waals surface area contributed by atoms with E-state index in [4.69, 9.17) is 4.52 Å². The van der Waals surface area contributed by atoms with Crippen molar-refractivity contribution in [3.63, 3.8) is 0 Å². The van der Waals surface area contributed by atoms with Crippen molar-refractivity contribution in [2.45, 2.75) is 25.3 Å². The number of aromatic nitrogens is 2. The molecule has 1 unspecified atom stereocenters. The largest absolute Gasteiger partial charge is 0.343 e. The minimum atomic E-state index is 0.470. The molecule has 94 valence electrons. The fourth-order valence-corrected chi connectivity index (χ4v) is 2.29. The molecule has 1 aromatic heterocycles. The Morgan fingerprint density at radius 2 is 2.11 bits per heavy atom. The number of hydrogen-bond donors (Lipinski definition) is 1. The third kappa shape index (κ3) is 2.76. The molecule has 0 aliphatic heterocycles. The van der Waals surface area contributed by atoms with E-state index in [1.54, 1.807) is 0 Å². The van der Waals surface area contributed by atoms with Crippen LogP contribution in [-0.2, 0) is 6.42 Å². The van der Waals surface area contributed by atoms with Crippen molar-refractivity contribution in [2.75, 3.05) is 6.54 Å². The van der Waals surface area contributed by atoms with Crippen molar-refractivity contribution in [1.29, 1.82) is 0 Å². The van der Waals surface area contributed by atoms with Crippen LogP contribution in [0.3, 0.4) is 0 Å². The molecule has 1 saturated carbocycles. The van der Waals surface area contributed by atoms with Gasteiger partial charge in [0.15, 0.2) is 5.82 Å². The fourth-order valence-electron chi connectivity index (χ4n) is 2.29. The van der Waals surface area contributed by atoms with E-state index in [9.17, 15) is 0 Å². The Balaban J connectivity index is 1.58. The van der Waals surface area contributed by atoms with Crippen molar-refractivity contribution < 1.29 is 4.52 Å². The molecule has 1 atom stereocenters. The molecule has 2 aromatic rings. The first-order chi connectivity index (χ1) is 8.93. The van der Waals surface area contributed by atoms with Crippen LogP contribution >= 0.6 is 0 Å². The molecule has 1 fully saturated rings. The van der Waals surface area contributed by atoms with E-state index in [0.29, 0.717) is 6.04 Å². The highest BCUT2D eigenvalue weighted by molar-refractivity contribution is 5.21. The highest BCUT2D eigenvalue weighted by Crippen LogP contribution is 2.40. The summed E-state index contributed by atoms with van der Waals surface area (Å²) < 4.78 is 4.73. The van der Waals surface area contributed by atoms with Crippen LogP contribution in [0.4, 0.5) is 0 Å². The Kier molecular flexibility index (Phi) is 3.37. The van der Waals surface area contributed by atoms with E-state index >= 15 is 0 Å². The first-order valence-electron chi connectivity index (χ1n) is 6.47. The van der Waals surface area contributed by atoms with E-state index in [1.807, 2.05) is 0 Å². The molecule has 1 heterocycles. The molecule has 0 saturated heterocycles. The van der Waals surface area contributed by atoms with E-state index in [0.717, 1.165) is 24.7 Å². The smallest absolute Gasteiger partial charge is 0.213 e. The lowest BCUT2D eigenvalue weighted by Gasteiger charge is -2.18. The molecule has 4 heteroatoms. The van der Waals surface area contributed by atoms with Gasteiger partial charge in [0.25, 0.3) is 0 Å². The second-order valence-electron chi connectivity index (χ2n) is 4.78. The van der Waals surface area contributed by atoms with Crippen LogP contribution in [-0.4, -0.2) is 16.7 Å². The summed E-state index contributed by atoms with van der Waals surface area (Å²) in [5.74, 6) is 1.56. The predicted octanol–water partition coefficient (Wildman–Crippen LogP) is 2.35. The zero-order valence-electron chi connectivity index (χ0n) is 10.2. The highest BCUT2D eigenvalue weighted by Gasteiger charge is 2.31. The molecule has 4 nitrogen and oxygen atoms in total. The maximum absolute atomic E-state index is 4.73. The van der Waals surface area contributed by atoms with E-state index in [1.165, 1.54) is 24.8 Å². The van der Waals surface area contributed by atoms with Gasteiger partial charge in [0.1, 0.15) is 0 Å². The number of benzene rings is 1. The molecule has 1 N–H and O–H groups in total. The Bertz CT molecular complexity index is 465. The first kappa shape index (κ1) is 11.4. The zero-order valence-corrected chi connectivity index (χ0v) is 10.2. The molecule has 0 spiro atoms. The van der Waals surface area contributed by atoms with Crippen molar-refractivity contribution >= 4 is 0 Å². The summed E-state index contributed by atoms with van der Waals surface area (Å²) in [4.78, 5) is 4.03. The standard InChI is InChI=1S/C14H17N3O/c1-2-4-11(5-3-1)14(12-6-7-12)15-9-8-13-16-10-18-17-13/h1-5,10,12,14-15H,6-9H2. The maximum Gasteiger partial charge on any atom is 0.213 e. The molecule has 3 rings (SSSR count). The van der Waals surface area contributed by atoms with Gasteiger partial charge in [0, 0.05) is 19.0 Å². The second-order valence-corrected chi connectivity index (χ2v) is 4.78. The summed E-state index contributed by atoms with van der Waals surface area (Å²) in [6.45, 7) is 0.885. The summed E-state index contributed by atoms with van der Waals surface area (Å²) in [7, 11) is 0. The van der Waals surface area contributed by atoms with Gasteiger partial charge in [0.05, 0.1) is 0 Å². The Morgan fingerprint density at radius 1 is 1.28 bits per heavy atom. The lowest BCUT2D eigenvalue weighted by Crippen LogP contribution is -2.25. The van der Waals surface area contributed by atoms with Crippen molar-refractivity contribution in [2.24, 2.45) is 5.92 Å². The zero-order chi connectivity index (χ0) is 12.2. The maximum atomic E-state index is 4.73. The van der Waals surface area contributed by atoms with Gasteiger partial charge in [-0.3, -0.25) is 0 Å². The summed E-state index contributed by atoms with van der Waals surface area (Å²) in [6, 6.07) is 11.1. The molecule has 0 radical (unpaired) electrons. The second kappa shape index (κ2) is 5.31. The topological polar surface area (TPSA) is 51.0 Å². The van der Waals surface area contributed by atoms with E-state index in [2.05, 4.69) is 45.8 Å². The molecule has 18 heavy (non-hydrogen) atoms. The number of rotatable bonds is 6. The predicted molar refractivity (Wildman–Crippen MR) is 67.9 cm³/mol. The van der Waals surface area contributed by atoms with Crippen LogP contribution in [0.5, 0.6) is 0 Å². The number of nitrogens with zero attached hydrogens (tertiary/aromatic N) is 2. The van der Waals surface area contributed by atoms with Crippen LogP contribution in [0, 0.1) is 5.92 Å². The summed E-state index contributed by atoms with van der Waals surface area (Å²) in [6.07, 6.45) is 4.85. The average Bonchev–Trinajstić information content (AvgIpc) is 3.12. The van der Waals surface area contributed by atoms with Crippen LogP contribution < -0.4 is 5.32 Å². The average molecular weight is 243 g/mol. The molecule has 0 amide bonds. The summed E-state index contributed by atoms with van der Waals surface area (Å²) in [5.41, 5.74) is 1.38. The Morgan fingerprint density at radius 3 is 2.78 bits per heavy atom. The van der Waals surface area contributed by atoms with Gasteiger partial charge in [-0.05, 0) is 24.3 Å². The van der Waals surface area contributed by atoms with E-state index < -0.39 is 0 Å². The van der Waals surface area contributed by atoms with Gasteiger partial charge in [-0.2, -0.15) is 4.98 Å². The minimum Gasteiger partial charge on any atom is -0.343 e. The van der Waals surface area contributed by atoms with Gasteiger partial charge >= 0.3 is 0 Å². The minimum absolute atomic E-state index is 0.470. The molecule has 1 aliphatic rings. The third-order valence-corrected chi connectivity index (χ3v) is 3.37. The lowest BCUT2D eigenvalue weighted by molar-refractivity contribution is 0.407. The quantitative estimate of drug-likeness (QED) is 0.846. The van der Waals surface area contributed by atoms with Gasteiger partial charge < -0.3 is 9.84 Å². The molecule has 1 aromatic carbocycles. The number of hydrogen-bond acceptors (Lipinski definition) is 4. The molecule has 1 aliphatic carbocycles. The lowest BCUT2D eigenvalue weighted by atomic mass is 10.0.